The molecule has 1 fully saturated rings. The van der Waals surface area contributed by atoms with Crippen LogP contribution in [0.5, 0.6) is 0 Å². The van der Waals surface area contributed by atoms with E-state index in [1.54, 1.807) is 0 Å². The lowest BCUT2D eigenvalue weighted by atomic mass is 9.99. The van der Waals surface area contributed by atoms with Crippen molar-refractivity contribution in [2.45, 2.75) is 19.9 Å². The summed E-state index contributed by atoms with van der Waals surface area (Å²) in [5, 5.41) is 1.24. The maximum atomic E-state index is 5.46. The summed E-state index contributed by atoms with van der Waals surface area (Å²) in [6.45, 7) is 10.3. The molecule has 3 aromatic rings. The minimum absolute atomic E-state index is 0.848. The van der Waals surface area contributed by atoms with E-state index >= 15 is 0 Å². The van der Waals surface area contributed by atoms with E-state index in [4.69, 9.17) is 9.72 Å². The summed E-state index contributed by atoms with van der Waals surface area (Å²) >= 11 is 1.88. The molecule has 0 atom stereocenters. The second kappa shape index (κ2) is 8.40. The van der Waals surface area contributed by atoms with Gasteiger partial charge in [0.15, 0.2) is 0 Å². The van der Waals surface area contributed by atoms with Crippen LogP contribution in [0.25, 0.3) is 27.0 Å². The molecule has 0 saturated carbocycles. The molecule has 5 rings (SSSR count). The molecule has 0 radical (unpaired) electrons. The van der Waals surface area contributed by atoms with Gasteiger partial charge < -0.3 is 9.72 Å². The monoisotopic (exact) mass is 408 g/mol. The van der Waals surface area contributed by atoms with Crippen molar-refractivity contribution in [3.05, 3.63) is 47.1 Å². The second-order valence-electron chi connectivity index (χ2n) is 7.85. The number of H-pyrrole nitrogens is 1. The van der Waals surface area contributed by atoms with Crippen LogP contribution in [0.1, 0.15) is 23.8 Å². The summed E-state index contributed by atoms with van der Waals surface area (Å²) in [4.78, 5) is 15.7. The molecule has 0 spiro atoms. The number of rotatable bonds is 5. The van der Waals surface area contributed by atoms with Gasteiger partial charge in [-0.05, 0) is 36.7 Å². The number of aromatic amines is 1. The molecule has 1 saturated heterocycles. The average Bonchev–Trinajstić information content (AvgIpc) is 3.41. The number of thiophene rings is 1. The zero-order valence-corrected chi connectivity index (χ0v) is 17.8. The van der Waals surface area contributed by atoms with Crippen molar-refractivity contribution in [3.63, 3.8) is 0 Å². The van der Waals surface area contributed by atoms with Crippen LogP contribution >= 0.6 is 11.3 Å². The van der Waals surface area contributed by atoms with E-state index < -0.39 is 0 Å². The van der Waals surface area contributed by atoms with Crippen LogP contribution in [-0.4, -0.2) is 65.7 Å². The van der Waals surface area contributed by atoms with E-state index in [9.17, 15) is 0 Å². The number of hydrogen-bond donors (Lipinski definition) is 1. The van der Waals surface area contributed by atoms with Crippen molar-refractivity contribution in [3.8, 4) is 10.4 Å². The van der Waals surface area contributed by atoms with E-state index in [1.165, 1.54) is 31.8 Å². The Balaban J connectivity index is 1.39. The van der Waals surface area contributed by atoms with Crippen LogP contribution in [0.15, 0.2) is 36.7 Å². The highest BCUT2D eigenvalue weighted by molar-refractivity contribution is 7.15. The minimum atomic E-state index is 0.848. The first-order valence-electron chi connectivity index (χ1n) is 10.6. The van der Waals surface area contributed by atoms with Crippen LogP contribution in [0.2, 0.25) is 0 Å². The molecule has 0 unspecified atom stereocenters. The number of nitrogens with one attached hydrogen (secondary N) is 1. The Morgan fingerprint density at radius 1 is 1.17 bits per heavy atom. The van der Waals surface area contributed by atoms with Crippen LogP contribution in [-0.2, 0) is 11.3 Å². The average molecular weight is 409 g/mol. The third kappa shape index (κ3) is 4.03. The quantitative estimate of drug-likeness (QED) is 0.686. The van der Waals surface area contributed by atoms with E-state index in [1.807, 2.05) is 17.5 Å². The van der Waals surface area contributed by atoms with Gasteiger partial charge in [-0.3, -0.25) is 9.80 Å². The topological polar surface area (TPSA) is 44.4 Å². The number of ether oxygens (including phenoxy) is 1. The number of hydrogen-bond acceptors (Lipinski definition) is 5. The Hall–Kier alpha value is -1.99. The van der Waals surface area contributed by atoms with Gasteiger partial charge in [-0.15, -0.1) is 11.3 Å². The molecule has 1 N–H and O–H groups in total. The predicted octanol–water partition coefficient (Wildman–Crippen LogP) is 4.23. The van der Waals surface area contributed by atoms with Gasteiger partial charge >= 0.3 is 0 Å². The molecule has 0 aliphatic carbocycles. The molecule has 2 aliphatic rings. The number of pyridine rings is 1. The Labute approximate surface area is 176 Å². The van der Waals surface area contributed by atoms with Crippen LogP contribution in [0.3, 0.4) is 0 Å². The molecule has 0 bridgehead atoms. The Bertz CT molecular complexity index is 1010. The Morgan fingerprint density at radius 2 is 2.07 bits per heavy atom. The zero-order valence-electron chi connectivity index (χ0n) is 17.0. The van der Waals surface area contributed by atoms with Crippen LogP contribution < -0.4 is 0 Å². The van der Waals surface area contributed by atoms with E-state index in [0.717, 1.165) is 64.6 Å². The summed E-state index contributed by atoms with van der Waals surface area (Å²) in [6.07, 6.45) is 7.62. The smallest absolute Gasteiger partial charge is 0.137 e. The van der Waals surface area contributed by atoms with Gasteiger partial charge in [-0.1, -0.05) is 13.0 Å². The number of fused-ring (bicyclic) bond motifs is 1. The van der Waals surface area contributed by atoms with Gasteiger partial charge in [0.1, 0.15) is 5.65 Å². The molecule has 29 heavy (non-hydrogen) atoms. The Morgan fingerprint density at radius 3 is 2.86 bits per heavy atom. The fourth-order valence-electron chi connectivity index (χ4n) is 4.24. The molecule has 6 heteroatoms. The highest BCUT2D eigenvalue weighted by Gasteiger charge is 2.17. The third-order valence-electron chi connectivity index (χ3n) is 6.05. The van der Waals surface area contributed by atoms with E-state index in [-0.39, 0.29) is 0 Å². The summed E-state index contributed by atoms with van der Waals surface area (Å²) in [6, 6.07) is 6.82. The lowest BCUT2D eigenvalue weighted by Crippen LogP contribution is -2.35. The largest absolute Gasteiger partial charge is 0.379 e. The molecule has 0 amide bonds. The fourth-order valence-corrected chi connectivity index (χ4v) is 5.28. The van der Waals surface area contributed by atoms with Crippen molar-refractivity contribution in [2.24, 2.45) is 0 Å². The highest BCUT2D eigenvalue weighted by Crippen LogP contribution is 2.34. The van der Waals surface area contributed by atoms with Crippen molar-refractivity contribution in [2.75, 3.05) is 45.9 Å². The van der Waals surface area contributed by atoms with Gasteiger partial charge in [-0.25, -0.2) is 4.98 Å². The number of morpholine rings is 1. The van der Waals surface area contributed by atoms with Gasteiger partial charge in [0.2, 0.25) is 0 Å². The summed E-state index contributed by atoms with van der Waals surface area (Å²) in [5.74, 6) is 0. The van der Waals surface area contributed by atoms with Gasteiger partial charge in [0.05, 0.1) is 13.2 Å². The first kappa shape index (κ1) is 19.0. The van der Waals surface area contributed by atoms with Gasteiger partial charge in [0.25, 0.3) is 0 Å². The predicted molar refractivity (Wildman–Crippen MR) is 120 cm³/mol. The van der Waals surface area contributed by atoms with Gasteiger partial charge in [-0.2, -0.15) is 0 Å². The van der Waals surface area contributed by atoms with Crippen LogP contribution in [0, 0.1) is 0 Å². The van der Waals surface area contributed by atoms with E-state index in [0.29, 0.717) is 0 Å². The normalized spacial score (nSPS) is 19.0. The van der Waals surface area contributed by atoms with Gasteiger partial charge in [0, 0.05) is 71.4 Å². The Kier molecular flexibility index (Phi) is 5.50. The second-order valence-corrected chi connectivity index (χ2v) is 9.02. The van der Waals surface area contributed by atoms with Crippen molar-refractivity contribution in [1.82, 2.24) is 19.8 Å². The van der Waals surface area contributed by atoms with Crippen molar-refractivity contribution < 1.29 is 4.74 Å². The standard InChI is InChI=1S/C23H28N4OS/c1-2-26-7-5-17(6-8-26)21-15-25-23-20(21)13-18(14-24-23)22-4-3-19(29-22)16-27-9-11-28-12-10-27/h3-5,13-15H,2,6-12,16H2,1H3,(H,24,25). The zero-order chi connectivity index (χ0) is 19.6. The molecule has 2 aliphatic heterocycles. The summed E-state index contributed by atoms with van der Waals surface area (Å²) < 4.78 is 5.46. The first-order chi connectivity index (χ1) is 14.3. The molecule has 5 nitrogen and oxygen atoms in total. The molecular weight excluding hydrogens is 380 g/mol. The molecule has 152 valence electrons. The number of aromatic nitrogens is 2. The lowest BCUT2D eigenvalue weighted by Gasteiger charge is -2.25. The molecule has 0 aromatic carbocycles. The molecular formula is C23H28N4OS. The lowest BCUT2D eigenvalue weighted by molar-refractivity contribution is 0.0346. The fraction of sp³-hybridized carbons (Fsp3) is 0.435. The highest BCUT2D eigenvalue weighted by atomic mass is 32.1. The van der Waals surface area contributed by atoms with E-state index in [2.05, 4.69) is 52.2 Å². The number of nitrogens with zero attached hydrogens (tertiary/aromatic N) is 3. The summed E-state index contributed by atoms with van der Waals surface area (Å²) in [7, 11) is 0. The SMILES string of the molecule is CCN1CC=C(c2c[nH]c3ncc(-c4ccc(CN5CCOCC5)s4)cc23)CC1. The first-order valence-corrected chi connectivity index (χ1v) is 11.4. The van der Waals surface area contributed by atoms with Crippen molar-refractivity contribution >= 4 is 27.9 Å². The molecule has 3 aromatic heterocycles. The summed E-state index contributed by atoms with van der Waals surface area (Å²) in [5.41, 5.74) is 4.95. The number of likely N-dealkylation sites (N-methyl/N-ethyl adjacent to an activating group) is 1. The molecule has 5 heterocycles. The minimum Gasteiger partial charge on any atom is -0.379 e. The maximum absolute atomic E-state index is 5.46. The third-order valence-corrected chi connectivity index (χ3v) is 7.17. The maximum Gasteiger partial charge on any atom is 0.137 e. The van der Waals surface area contributed by atoms with Crippen molar-refractivity contribution in [1.29, 1.82) is 0 Å². The van der Waals surface area contributed by atoms with Crippen LogP contribution in [0.4, 0.5) is 0 Å².